The van der Waals surface area contributed by atoms with Gasteiger partial charge >= 0.3 is 0 Å². The third-order valence-corrected chi connectivity index (χ3v) is 3.34. The molecule has 110 valence electrons. The molecular weight excluding hydrogens is 262 g/mol. The average molecular weight is 283 g/mol. The summed E-state index contributed by atoms with van der Waals surface area (Å²) < 4.78 is 0. The van der Waals surface area contributed by atoms with Crippen LogP contribution in [0.1, 0.15) is 12.0 Å². The lowest BCUT2D eigenvalue weighted by Crippen LogP contribution is -2.13. The molecule has 4 heteroatoms. The number of nitrogens with two attached hydrogens (primary N) is 1. The maximum Gasteiger partial charge on any atom is 0.224 e. The van der Waals surface area contributed by atoms with Gasteiger partial charge < -0.3 is 16.0 Å². The molecule has 0 saturated heterocycles. The Morgan fingerprint density at radius 2 is 1.76 bits per heavy atom. The molecule has 2 rings (SSSR count). The predicted octanol–water partition coefficient (Wildman–Crippen LogP) is 2.91. The summed E-state index contributed by atoms with van der Waals surface area (Å²) in [5.74, 6) is -0.00384. The van der Waals surface area contributed by atoms with Crippen molar-refractivity contribution in [2.75, 3.05) is 30.0 Å². The molecule has 0 spiro atoms. The molecular formula is C17H21N3O. The predicted molar refractivity (Wildman–Crippen MR) is 88.6 cm³/mol. The summed E-state index contributed by atoms with van der Waals surface area (Å²) in [5, 5.41) is 2.90. The first-order chi connectivity index (χ1) is 10.1. The van der Waals surface area contributed by atoms with Crippen molar-refractivity contribution in [1.82, 2.24) is 0 Å². The molecule has 0 heterocycles. The number of hydrogen-bond acceptors (Lipinski definition) is 3. The SMILES string of the molecule is CN(C)c1ccc(NC(=O)CCc2ccccc2N)cc1. The van der Waals surface area contributed by atoms with Crippen molar-refractivity contribution in [2.45, 2.75) is 12.8 Å². The molecule has 2 aromatic carbocycles. The summed E-state index contributed by atoms with van der Waals surface area (Å²) in [5.41, 5.74) is 9.53. The number of carbonyl (C=O) groups is 1. The first kappa shape index (κ1) is 14.9. The van der Waals surface area contributed by atoms with E-state index in [1.165, 1.54) is 0 Å². The van der Waals surface area contributed by atoms with E-state index in [4.69, 9.17) is 5.73 Å². The first-order valence-corrected chi connectivity index (χ1v) is 6.97. The van der Waals surface area contributed by atoms with E-state index in [1.54, 1.807) is 0 Å². The number of rotatable bonds is 5. The normalized spacial score (nSPS) is 10.2. The molecule has 3 N–H and O–H groups in total. The van der Waals surface area contributed by atoms with Crippen molar-refractivity contribution < 1.29 is 4.79 Å². The van der Waals surface area contributed by atoms with Gasteiger partial charge in [0.05, 0.1) is 0 Å². The highest BCUT2D eigenvalue weighted by Gasteiger charge is 2.05. The number of nitrogens with zero attached hydrogens (tertiary/aromatic N) is 1. The topological polar surface area (TPSA) is 58.4 Å². The van der Waals surface area contributed by atoms with Gasteiger partial charge in [0.2, 0.25) is 5.91 Å². The highest BCUT2D eigenvalue weighted by Crippen LogP contribution is 2.17. The fraction of sp³-hybridized carbons (Fsp3) is 0.235. The summed E-state index contributed by atoms with van der Waals surface area (Å²) in [6.45, 7) is 0. The van der Waals surface area contributed by atoms with E-state index in [2.05, 4.69) is 5.32 Å². The van der Waals surface area contributed by atoms with Gasteiger partial charge in [-0.2, -0.15) is 0 Å². The van der Waals surface area contributed by atoms with E-state index in [0.717, 1.165) is 22.6 Å². The van der Waals surface area contributed by atoms with E-state index < -0.39 is 0 Å². The summed E-state index contributed by atoms with van der Waals surface area (Å²) >= 11 is 0. The zero-order valence-electron chi connectivity index (χ0n) is 12.5. The Morgan fingerprint density at radius 3 is 2.38 bits per heavy atom. The molecule has 2 aromatic rings. The lowest BCUT2D eigenvalue weighted by molar-refractivity contribution is -0.116. The van der Waals surface area contributed by atoms with Crippen LogP contribution in [0.25, 0.3) is 0 Å². The Kier molecular flexibility index (Phi) is 4.82. The minimum atomic E-state index is -0.00384. The van der Waals surface area contributed by atoms with E-state index in [0.29, 0.717) is 12.8 Å². The minimum absolute atomic E-state index is 0.00384. The third-order valence-electron chi connectivity index (χ3n) is 3.34. The number of nitrogens with one attached hydrogen (secondary N) is 1. The van der Waals surface area contributed by atoms with Gasteiger partial charge in [-0.15, -0.1) is 0 Å². The zero-order valence-corrected chi connectivity index (χ0v) is 12.5. The highest BCUT2D eigenvalue weighted by molar-refractivity contribution is 5.91. The molecule has 0 fully saturated rings. The van der Waals surface area contributed by atoms with Crippen LogP contribution in [0.4, 0.5) is 17.1 Å². The number of anilines is 3. The van der Waals surface area contributed by atoms with Crippen LogP contribution in [0.2, 0.25) is 0 Å². The van der Waals surface area contributed by atoms with Crippen molar-refractivity contribution in [3.05, 3.63) is 54.1 Å². The molecule has 0 atom stereocenters. The number of nitrogen functional groups attached to an aromatic ring is 1. The molecule has 1 amide bonds. The van der Waals surface area contributed by atoms with Crippen molar-refractivity contribution in [3.63, 3.8) is 0 Å². The molecule has 0 bridgehead atoms. The molecule has 4 nitrogen and oxygen atoms in total. The maximum absolute atomic E-state index is 12.0. The van der Waals surface area contributed by atoms with Gasteiger partial charge in [-0.1, -0.05) is 18.2 Å². The summed E-state index contributed by atoms with van der Waals surface area (Å²) in [4.78, 5) is 14.0. The van der Waals surface area contributed by atoms with E-state index >= 15 is 0 Å². The number of hydrogen-bond donors (Lipinski definition) is 2. The lowest BCUT2D eigenvalue weighted by Gasteiger charge is -2.13. The van der Waals surface area contributed by atoms with Crippen molar-refractivity contribution in [2.24, 2.45) is 0 Å². The van der Waals surface area contributed by atoms with Gasteiger partial charge in [0.25, 0.3) is 0 Å². The Hall–Kier alpha value is -2.49. The first-order valence-electron chi connectivity index (χ1n) is 6.97. The van der Waals surface area contributed by atoms with Crippen molar-refractivity contribution in [1.29, 1.82) is 0 Å². The number of amides is 1. The van der Waals surface area contributed by atoms with Crippen LogP contribution in [0, 0.1) is 0 Å². The van der Waals surface area contributed by atoms with Gasteiger partial charge in [-0.05, 0) is 42.3 Å². The summed E-state index contributed by atoms with van der Waals surface area (Å²) in [6.07, 6.45) is 1.07. The van der Waals surface area contributed by atoms with Crippen LogP contribution in [0.15, 0.2) is 48.5 Å². The van der Waals surface area contributed by atoms with Crippen molar-refractivity contribution >= 4 is 23.0 Å². The molecule has 0 unspecified atom stereocenters. The maximum atomic E-state index is 12.0. The fourth-order valence-electron chi connectivity index (χ4n) is 2.08. The summed E-state index contributed by atoms with van der Waals surface area (Å²) in [7, 11) is 3.97. The van der Waals surface area contributed by atoms with E-state index in [9.17, 15) is 4.79 Å². The molecule has 0 aliphatic heterocycles. The van der Waals surface area contributed by atoms with Crippen LogP contribution in [0.3, 0.4) is 0 Å². The standard InChI is InChI=1S/C17H21N3O/c1-20(2)15-10-8-14(9-11-15)19-17(21)12-7-13-5-3-4-6-16(13)18/h3-6,8-11H,7,12,18H2,1-2H3,(H,19,21). The van der Waals surface area contributed by atoms with Crippen LogP contribution < -0.4 is 16.0 Å². The quantitative estimate of drug-likeness (QED) is 0.830. The number of carbonyl (C=O) groups excluding carboxylic acids is 1. The number of para-hydroxylation sites is 1. The Labute approximate surface area is 125 Å². The van der Waals surface area contributed by atoms with Crippen molar-refractivity contribution in [3.8, 4) is 0 Å². The molecule has 0 radical (unpaired) electrons. The fourth-order valence-corrected chi connectivity index (χ4v) is 2.08. The Bertz CT molecular complexity index is 606. The largest absolute Gasteiger partial charge is 0.399 e. The van der Waals surface area contributed by atoms with Gasteiger partial charge in [0.15, 0.2) is 0 Å². The van der Waals surface area contributed by atoms with Gasteiger partial charge in [0, 0.05) is 37.6 Å². The van der Waals surface area contributed by atoms with Crippen LogP contribution >= 0.6 is 0 Å². The smallest absolute Gasteiger partial charge is 0.224 e. The summed E-state index contributed by atoms with van der Waals surface area (Å²) in [6, 6.07) is 15.4. The van der Waals surface area contributed by atoms with Crippen LogP contribution in [-0.2, 0) is 11.2 Å². The third kappa shape index (κ3) is 4.24. The Morgan fingerprint density at radius 1 is 1.10 bits per heavy atom. The van der Waals surface area contributed by atoms with Gasteiger partial charge in [0.1, 0.15) is 0 Å². The number of benzene rings is 2. The van der Waals surface area contributed by atoms with E-state index in [-0.39, 0.29) is 5.91 Å². The van der Waals surface area contributed by atoms with Crippen LogP contribution in [-0.4, -0.2) is 20.0 Å². The molecule has 0 aliphatic rings. The molecule has 0 aromatic heterocycles. The molecule has 0 aliphatic carbocycles. The lowest BCUT2D eigenvalue weighted by atomic mass is 10.1. The Balaban J connectivity index is 1.88. The second-order valence-corrected chi connectivity index (χ2v) is 5.19. The number of aryl methyl sites for hydroxylation is 1. The molecule has 21 heavy (non-hydrogen) atoms. The highest BCUT2D eigenvalue weighted by atomic mass is 16.1. The van der Waals surface area contributed by atoms with Gasteiger partial charge in [-0.25, -0.2) is 0 Å². The van der Waals surface area contributed by atoms with Gasteiger partial charge in [-0.3, -0.25) is 4.79 Å². The zero-order chi connectivity index (χ0) is 15.2. The second kappa shape index (κ2) is 6.79. The average Bonchev–Trinajstić information content (AvgIpc) is 2.47. The second-order valence-electron chi connectivity index (χ2n) is 5.19. The van der Waals surface area contributed by atoms with Crippen LogP contribution in [0.5, 0.6) is 0 Å². The minimum Gasteiger partial charge on any atom is -0.399 e. The molecule has 0 saturated carbocycles. The van der Waals surface area contributed by atoms with E-state index in [1.807, 2.05) is 67.5 Å². The monoisotopic (exact) mass is 283 g/mol.